The summed E-state index contributed by atoms with van der Waals surface area (Å²) in [6, 6.07) is 10.2. The maximum absolute atomic E-state index is 12.7. The summed E-state index contributed by atoms with van der Waals surface area (Å²) < 4.78 is 1.73. The van der Waals surface area contributed by atoms with Crippen molar-refractivity contribution in [3.05, 3.63) is 78.4 Å². The van der Waals surface area contributed by atoms with E-state index < -0.39 is 5.91 Å². The van der Waals surface area contributed by atoms with Gasteiger partial charge in [0.05, 0.1) is 28.4 Å². The van der Waals surface area contributed by atoms with Crippen LogP contribution < -0.4 is 11.1 Å². The minimum Gasteiger partial charge on any atom is -0.369 e. The number of anilines is 2. The molecule has 1 fully saturated rings. The molecule has 5 rings (SSSR count). The molecule has 0 saturated carbocycles. The number of nitrogens with two attached hydrogens (primary N) is 1. The van der Waals surface area contributed by atoms with Crippen LogP contribution in [0.2, 0.25) is 0 Å². The number of amides is 2. The largest absolute Gasteiger partial charge is 0.369 e. The zero-order chi connectivity index (χ0) is 25.2. The highest BCUT2D eigenvalue weighted by molar-refractivity contribution is 6.03. The van der Waals surface area contributed by atoms with E-state index in [2.05, 4.69) is 26.8 Å². The Morgan fingerprint density at radius 3 is 2.78 bits per heavy atom. The Kier molecular flexibility index (Phi) is 5.83. The summed E-state index contributed by atoms with van der Waals surface area (Å²) in [6.07, 6.45) is 6.59. The molecule has 1 aliphatic rings. The van der Waals surface area contributed by atoms with Crippen molar-refractivity contribution < 1.29 is 9.59 Å². The van der Waals surface area contributed by atoms with E-state index in [9.17, 15) is 9.59 Å². The van der Waals surface area contributed by atoms with Crippen LogP contribution in [-0.2, 0) is 4.79 Å². The second-order valence-corrected chi connectivity index (χ2v) is 8.25. The third kappa shape index (κ3) is 4.12. The van der Waals surface area contributed by atoms with Crippen LogP contribution in [0, 0.1) is 11.3 Å². The molecular formula is C25H21N9O2. The van der Waals surface area contributed by atoms with Crippen LogP contribution in [0.5, 0.6) is 0 Å². The quantitative estimate of drug-likeness (QED) is 0.413. The number of hydrogen-bond acceptors (Lipinski definition) is 8. The minimum absolute atomic E-state index is 0.0289. The Morgan fingerprint density at radius 2 is 2.03 bits per heavy atom. The number of carbonyl (C=O) groups is 2. The van der Waals surface area contributed by atoms with E-state index in [4.69, 9.17) is 16.0 Å². The minimum atomic E-state index is -0.413. The van der Waals surface area contributed by atoms with Crippen LogP contribution in [0.1, 0.15) is 34.0 Å². The smallest absolute Gasteiger partial charge is 0.258 e. The average molecular weight is 480 g/mol. The molecule has 0 aromatic carbocycles. The molecule has 1 saturated heterocycles. The number of nitrogen functional groups attached to an aromatic ring is 1. The molecule has 2 amide bonds. The molecule has 0 spiro atoms. The first-order valence-corrected chi connectivity index (χ1v) is 11.2. The third-order valence-electron chi connectivity index (χ3n) is 6.06. The highest BCUT2D eigenvalue weighted by atomic mass is 16.2. The fraction of sp³-hybridized carbons (Fsp3) is 0.160. The Balaban J connectivity index is 1.44. The number of likely N-dealkylation sites (tertiary alicyclic amines) is 1. The molecular weight excluding hydrogens is 458 g/mol. The number of hydrogen-bond donors (Lipinski definition) is 2. The first kappa shape index (κ1) is 22.7. The molecule has 178 valence electrons. The average Bonchev–Trinajstić information content (AvgIpc) is 3.54. The molecule has 1 atom stereocenters. The normalized spacial score (nSPS) is 15.0. The predicted octanol–water partition coefficient (Wildman–Crippen LogP) is 2.39. The number of aromatic nitrogens is 5. The fourth-order valence-corrected chi connectivity index (χ4v) is 4.29. The molecule has 0 bridgehead atoms. The van der Waals surface area contributed by atoms with Gasteiger partial charge in [-0.25, -0.2) is 15.0 Å². The summed E-state index contributed by atoms with van der Waals surface area (Å²) in [4.78, 5) is 44.0. The Bertz CT molecular complexity index is 1540. The number of rotatable bonds is 5. The van der Waals surface area contributed by atoms with Gasteiger partial charge in [-0.2, -0.15) is 5.26 Å². The van der Waals surface area contributed by atoms with Gasteiger partial charge < -0.3 is 16.0 Å². The number of carbonyl (C=O) groups excluding carboxylic acids is 2. The van der Waals surface area contributed by atoms with Gasteiger partial charge in [-0.3, -0.25) is 19.0 Å². The topological polar surface area (TPSA) is 155 Å². The Morgan fingerprint density at radius 1 is 1.19 bits per heavy atom. The summed E-state index contributed by atoms with van der Waals surface area (Å²) in [5, 5.41) is 11.7. The van der Waals surface area contributed by atoms with Crippen LogP contribution in [0.3, 0.4) is 0 Å². The van der Waals surface area contributed by atoms with E-state index in [0.717, 1.165) is 17.6 Å². The maximum atomic E-state index is 12.7. The highest BCUT2D eigenvalue weighted by Gasteiger charge is 2.30. The van der Waals surface area contributed by atoms with Gasteiger partial charge in [0.15, 0.2) is 5.82 Å². The van der Waals surface area contributed by atoms with Crippen molar-refractivity contribution in [1.82, 2.24) is 29.2 Å². The van der Waals surface area contributed by atoms with Gasteiger partial charge >= 0.3 is 0 Å². The predicted molar refractivity (Wildman–Crippen MR) is 132 cm³/mol. The van der Waals surface area contributed by atoms with Crippen molar-refractivity contribution in [1.29, 1.82) is 5.26 Å². The lowest BCUT2D eigenvalue weighted by molar-refractivity contribution is -0.125. The van der Waals surface area contributed by atoms with E-state index in [1.54, 1.807) is 33.7 Å². The van der Waals surface area contributed by atoms with Gasteiger partial charge in [-0.05, 0) is 42.8 Å². The third-order valence-corrected chi connectivity index (χ3v) is 6.06. The summed E-state index contributed by atoms with van der Waals surface area (Å²) in [7, 11) is 0. The van der Waals surface area contributed by atoms with E-state index >= 15 is 0 Å². The van der Waals surface area contributed by atoms with Crippen LogP contribution in [0.4, 0.5) is 11.8 Å². The van der Waals surface area contributed by atoms with Gasteiger partial charge in [0.2, 0.25) is 11.9 Å². The molecule has 4 aromatic heterocycles. The zero-order valence-electron chi connectivity index (χ0n) is 19.1. The van der Waals surface area contributed by atoms with E-state index in [-0.39, 0.29) is 23.6 Å². The molecule has 1 unspecified atom stereocenters. The van der Waals surface area contributed by atoms with Crippen molar-refractivity contribution in [2.75, 3.05) is 24.1 Å². The number of nitrogens with one attached hydrogen (secondary N) is 1. The number of nitrogens with zero attached hydrogens (tertiary/aromatic N) is 7. The number of imidazole rings is 1. The molecule has 0 aliphatic carbocycles. The van der Waals surface area contributed by atoms with E-state index in [1.807, 2.05) is 12.1 Å². The second-order valence-electron chi connectivity index (χ2n) is 8.25. The Labute approximate surface area is 205 Å². The Hall–Kier alpha value is -5.11. The van der Waals surface area contributed by atoms with Crippen molar-refractivity contribution >= 4 is 29.1 Å². The van der Waals surface area contributed by atoms with Gasteiger partial charge in [-0.15, -0.1) is 0 Å². The van der Waals surface area contributed by atoms with Crippen molar-refractivity contribution in [2.24, 2.45) is 0 Å². The van der Waals surface area contributed by atoms with E-state index in [0.29, 0.717) is 35.7 Å². The molecule has 3 N–H and O–H groups in total. The lowest BCUT2D eigenvalue weighted by Gasteiger charge is -2.13. The lowest BCUT2D eigenvalue weighted by Crippen LogP contribution is -2.26. The van der Waals surface area contributed by atoms with E-state index in [1.165, 1.54) is 24.5 Å². The van der Waals surface area contributed by atoms with Crippen molar-refractivity contribution in [3.63, 3.8) is 0 Å². The second kappa shape index (κ2) is 9.27. The first-order chi connectivity index (χ1) is 17.5. The fourth-order valence-electron chi connectivity index (χ4n) is 4.29. The van der Waals surface area contributed by atoms with Crippen LogP contribution >= 0.6 is 0 Å². The van der Waals surface area contributed by atoms with Crippen molar-refractivity contribution in [3.8, 4) is 17.6 Å². The highest BCUT2D eigenvalue weighted by Crippen LogP contribution is 2.33. The monoisotopic (exact) mass is 479 g/mol. The summed E-state index contributed by atoms with van der Waals surface area (Å²) in [5.41, 5.74) is 9.02. The zero-order valence-corrected chi connectivity index (χ0v) is 19.1. The molecule has 4 aromatic rings. The number of fused-ring (bicyclic) bond motifs is 1. The molecule has 5 heterocycles. The standard InChI is InChI=1S/C25H21N9O2/c1-2-21(35)33-10-7-17(14-33)22-19-6-9-29-25(27)34(19)23(32-22)18-4-3-16(13-30-18)24(36)31-20-11-15(12-26)5-8-28-20/h2-6,8-9,11,13,17H,1,7,10,14H2,(H2,27,29)(H,28,31,36). The van der Waals surface area contributed by atoms with Gasteiger partial charge in [0, 0.05) is 37.6 Å². The summed E-state index contributed by atoms with van der Waals surface area (Å²) >= 11 is 0. The lowest BCUT2D eigenvalue weighted by atomic mass is 10.0. The van der Waals surface area contributed by atoms with Gasteiger partial charge in [0.1, 0.15) is 11.5 Å². The SMILES string of the molecule is C=CC(=O)N1CCC(c2nc(-c3ccc(C(=O)Nc4cc(C#N)ccn4)cn3)n3c(N)nccc23)C1. The summed E-state index contributed by atoms with van der Waals surface area (Å²) in [5.74, 6) is 0.532. The maximum Gasteiger partial charge on any atom is 0.258 e. The molecule has 1 aliphatic heterocycles. The summed E-state index contributed by atoms with van der Waals surface area (Å²) in [6.45, 7) is 4.73. The molecule has 11 heteroatoms. The van der Waals surface area contributed by atoms with Crippen LogP contribution in [-0.4, -0.2) is 54.1 Å². The van der Waals surface area contributed by atoms with Crippen LogP contribution in [0.25, 0.3) is 17.0 Å². The van der Waals surface area contributed by atoms with Gasteiger partial charge in [0.25, 0.3) is 5.91 Å². The number of pyridine rings is 2. The first-order valence-electron chi connectivity index (χ1n) is 11.2. The number of nitriles is 1. The molecule has 0 radical (unpaired) electrons. The van der Waals surface area contributed by atoms with Crippen molar-refractivity contribution in [2.45, 2.75) is 12.3 Å². The molecule has 36 heavy (non-hydrogen) atoms. The molecule has 11 nitrogen and oxygen atoms in total. The van der Waals surface area contributed by atoms with Gasteiger partial charge in [-0.1, -0.05) is 6.58 Å². The van der Waals surface area contributed by atoms with Crippen LogP contribution in [0.15, 0.2) is 61.6 Å².